The van der Waals surface area contributed by atoms with Gasteiger partial charge in [0.1, 0.15) is 0 Å². The van der Waals surface area contributed by atoms with E-state index in [-0.39, 0.29) is 11.1 Å². The van der Waals surface area contributed by atoms with Crippen LogP contribution in [-0.2, 0) is 4.79 Å². The van der Waals surface area contributed by atoms with Gasteiger partial charge in [0, 0.05) is 11.8 Å². The zero-order chi connectivity index (χ0) is 24.7. The Morgan fingerprint density at radius 3 is 1.73 bits per heavy atom. The molecule has 0 unspecified atom stereocenters. The van der Waals surface area contributed by atoms with Gasteiger partial charge in [-0.25, -0.2) is 0 Å². The predicted molar refractivity (Wildman–Crippen MR) is 102 cm³/mol. The maximum Gasteiger partial charge on any atom is 0.450 e. The van der Waals surface area contributed by atoms with Crippen LogP contribution in [0.25, 0.3) is 0 Å². The van der Waals surface area contributed by atoms with Crippen LogP contribution in [0.2, 0.25) is 0 Å². The van der Waals surface area contributed by atoms with E-state index in [1.807, 2.05) is 0 Å². The van der Waals surface area contributed by atoms with Crippen LogP contribution in [-0.4, -0.2) is 28.8 Å². The Hall–Kier alpha value is -3.37. The number of hydrogen-bond donors (Lipinski definition) is 1. The molecule has 10 heteroatoms. The first kappa shape index (κ1) is 24.3. The van der Waals surface area contributed by atoms with Crippen LogP contribution in [0.4, 0.5) is 26.3 Å². The summed E-state index contributed by atoms with van der Waals surface area (Å²) in [5.41, 5.74) is -6.91. The lowest BCUT2D eigenvalue weighted by molar-refractivity contribution is -0.298. The van der Waals surface area contributed by atoms with Gasteiger partial charge >= 0.3 is 12.4 Å². The minimum Gasteiger partial charge on any atom is -0.380 e. The van der Waals surface area contributed by atoms with Crippen molar-refractivity contribution in [2.75, 3.05) is 0 Å². The molecule has 172 valence electrons. The lowest BCUT2D eigenvalue weighted by Crippen LogP contribution is -2.65. The van der Waals surface area contributed by atoms with Gasteiger partial charge in [-0.3, -0.25) is 4.79 Å². The van der Waals surface area contributed by atoms with Gasteiger partial charge in [0.25, 0.3) is 0 Å². The van der Waals surface area contributed by atoms with Crippen molar-refractivity contribution in [3.05, 3.63) is 71.8 Å². The molecule has 1 fully saturated rings. The highest BCUT2D eigenvalue weighted by atomic mass is 19.4. The number of alkyl halides is 6. The van der Waals surface area contributed by atoms with Crippen molar-refractivity contribution in [3.8, 4) is 12.1 Å². The predicted octanol–water partition coefficient (Wildman–Crippen LogP) is 5.03. The number of ketones is 1. The van der Waals surface area contributed by atoms with Crippen molar-refractivity contribution in [2.45, 2.75) is 36.2 Å². The van der Waals surface area contributed by atoms with Gasteiger partial charge in [-0.15, -0.1) is 0 Å². The molecule has 4 atom stereocenters. The highest BCUT2D eigenvalue weighted by Gasteiger charge is 2.74. The maximum atomic E-state index is 14.2. The Kier molecular flexibility index (Phi) is 6.03. The quantitative estimate of drug-likeness (QED) is 0.643. The van der Waals surface area contributed by atoms with Gasteiger partial charge in [-0.1, -0.05) is 60.7 Å². The summed E-state index contributed by atoms with van der Waals surface area (Å²) in [5.74, 6) is -9.90. The molecule has 0 aromatic heterocycles. The number of nitrogens with zero attached hydrogens (tertiary/aromatic N) is 2. The number of rotatable bonds is 3. The number of carbonyl (C=O) groups is 1. The minimum atomic E-state index is -5.76. The van der Waals surface area contributed by atoms with Crippen molar-refractivity contribution in [2.24, 2.45) is 11.3 Å². The zero-order valence-corrected chi connectivity index (χ0v) is 16.7. The van der Waals surface area contributed by atoms with Crippen LogP contribution in [0.15, 0.2) is 60.7 Å². The van der Waals surface area contributed by atoms with E-state index >= 15 is 0 Å². The van der Waals surface area contributed by atoms with Gasteiger partial charge in [0.05, 0.1) is 18.1 Å². The van der Waals surface area contributed by atoms with E-state index in [0.717, 1.165) is 12.1 Å². The molecule has 33 heavy (non-hydrogen) atoms. The molecule has 1 aliphatic carbocycles. The van der Waals surface area contributed by atoms with Gasteiger partial charge in [-0.05, 0) is 17.5 Å². The van der Waals surface area contributed by atoms with Crippen LogP contribution in [0.5, 0.6) is 0 Å². The fourth-order valence-corrected chi connectivity index (χ4v) is 4.69. The second-order valence-corrected chi connectivity index (χ2v) is 7.91. The molecular weight excluding hydrogens is 450 g/mol. The molecule has 3 rings (SSSR count). The van der Waals surface area contributed by atoms with E-state index in [4.69, 9.17) is 0 Å². The molecule has 0 amide bonds. The highest BCUT2D eigenvalue weighted by Crippen LogP contribution is 2.63. The first-order chi connectivity index (χ1) is 15.3. The molecule has 0 heterocycles. The molecule has 1 N–H and O–H groups in total. The first-order valence-electron chi connectivity index (χ1n) is 9.66. The fourth-order valence-electron chi connectivity index (χ4n) is 4.69. The van der Waals surface area contributed by atoms with Gasteiger partial charge < -0.3 is 5.11 Å². The second-order valence-electron chi connectivity index (χ2n) is 7.91. The lowest BCUT2D eigenvalue weighted by Gasteiger charge is -2.53. The Morgan fingerprint density at radius 2 is 1.33 bits per heavy atom. The summed E-state index contributed by atoms with van der Waals surface area (Å²) in [6.45, 7) is 0. The van der Waals surface area contributed by atoms with E-state index in [0.29, 0.717) is 0 Å². The molecule has 2 aromatic carbocycles. The fraction of sp³-hybridized carbons (Fsp3) is 0.348. The summed E-state index contributed by atoms with van der Waals surface area (Å²) in [4.78, 5) is 12.4. The number of hydrogen-bond acceptors (Lipinski definition) is 4. The molecule has 2 aromatic rings. The van der Waals surface area contributed by atoms with E-state index in [2.05, 4.69) is 0 Å². The molecule has 0 saturated heterocycles. The number of carbonyl (C=O) groups excluding carboxylic acids is 1. The number of benzene rings is 2. The number of nitriles is 2. The molecule has 1 saturated carbocycles. The summed E-state index contributed by atoms with van der Waals surface area (Å²) < 4.78 is 83.3. The average Bonchev–Trinajstić information content (AvgIpc) is 2.78. The molecule has 0 aliphatic heterocycles. The topological polar surface area (TPSA) is 84.9 Å². The van der Waals surface area contributed by atoms with Crippen LogP contribution < -0.4 is 0 Å². The molecule has 0 bridgehead atoms. The van der Waals surface area contributed by atoms with Crippen molar-refractivity contribution < 1.29 is 36.2 Å². The van der Waals surface area contributed by atoms with E-state index < -0.39 is 53.3 Å². The SMILES string of the molecule is N#CC1(C#N)[C@H](c2ccccc2)C[C@](O)(C(F)(F)F)[C@H](C(=O)C(F)(F)F)[C@@H]1c1ccccc1. The van der Waals surface area contributed by atoms with E-state index in [9.17, 15) is 46.8 Å². The zero-order valence-electron chi connectivity index (χ0n) is 16.7. The first-order valence-corrected chi connectivity index (χ1v) is 9.66. The molecular formula is C23H16F6N2O2. The van der Waals surface area contributed by atoms with Gasteiger partial charge in [0.15, 0.2) is 11.0 Å². The summed E-state index contributed by atoms with van der Waals surface area (Å²) in [6, 6.07) is 16.5. The molecule has 1 aliphatic rings. The monoisotopic (exact) mass is 466 g/mol. The summed E-state index contributed by atoms with van der Waals surface area (Å²) in [6.07, 6.45) is -12.9. The van der Waals surface area contributed by atoms with Crippen LogP contribution in [0.3, 0.4) is 0 Å². The van der Waals surface area contributed by atoms with Crippen LogP contribution >= 0.6 is 0 Å². The standard InChI is InChI=1S/C23H16F6N2O2/c24-22(25,26)19(32)18-17(15-9-5-2-6-10-15)20(12-30,13-31)16(14-7-3-1-4-8-14)11-21(18,33)23(27,28)29/h1-10,16-18,33H,11H2/t16-,17-,18-,21+/m0/s1. The van der Waals surface area contributed by atoms with Gasteiger partial charge in [-0.2, -0.15) is 36.9 Å². The normalized spacial score (nSPS) is 27.2. The average molecular weight is 466 g/mol. The van der Waals surface area contributed by atoms with Crippen LogP contribution in [0, 0.1) is 34.0 Å². The Bertz CT molecular complexity index is 1090. The summed E-state index contributed by atoms with van der Waals surface area (Å²) >= 11 is 0. The Balaban J connectivity index is 2.44. The van der Waals surface area contributed by atoms with Crippen molar-refractivity contribution in [1.29, 1.82) is 10.5 Å². The molecule has 4 nitrogen and oxygen atoms in total. The third kappa shape index (κ3) is 3.85. The number of Topliss-reactive ketones (excluding diaryl/α,β-unsaturated/α-hetero) is 1. The third-order valence-electron chi connectivity index (χ3n) is 6.19. The largest absolute Gasteiger partial charge is 0.450 e. The van der Waals surface area contributed by atoms with Crippen LogP contribution in [0.1, 0.15) is 29.4 Å². The minimum absolute atomic E-state index is 0.0436. The highest BCUT2D eigenvalue weighted by molar-refractivity contribution is 5.89. The second kappa shape index (κ2) is 8.20. The maximum absolute atomic E-state index is 14.2. The summed E-state index contributed by atoms with van der Waals surface area (Å²) in [7, 11) is 0. The Labute approximate surface area is 184 Å². The lowest BCUT2D eigenvalue weighted by atomic mass is 9.49. The number of halogens is 6. The van der Waals surface area contributed by atoms with E-state index in [1.165, 1.54) is 48.5 Å². The van der Waals surface area contributed by atoms with Crippen molar-refractivity contribution >= 4 is 5.78 Å². The van der Waals surface area contributed by atoms with Crippen molar-refractivity contribution in [3.63, 3.8) is 0 Å². The smallest absolute Gasteiger partial charge is 0.380 e. The Morgan fingerprint density at radius 1 is 0.879 bits per heavy atom. The number of aliphatic hydroxyl groups is 1. The summed E-state index contributed by atoms with van der Waals surface area (Å²) in [5, 5.41) is 30.9. The molecule has 0 radical (unpaired) electrons. The van der Waals surface area contributed by atoms with Crippen molar-refractivity contribution in [1.82, 2.24) is 0 Å². The van der Waals surface area contributed by atoms with E-state index in [1.54, 1.807) is 12.1 Å². The molecule has 0 spiro atoms. The van der Waals surface area contributed by atoms with Gasteiger partial charge in [0.2, 0.25) is 5.78 Å². The third-order valence-corrected chi connectivity index (χ3v) is 6.19.